The van der Waals surface area contributed by atoms with Crippen molar-refractivity contribution in [3.8, 4) is 17.2 Å². The summed E-state index contributed by atoms with van der Waals surface area (Å²) in [5.74, 6) is -1.10. The van der Waals surface area contributed by atoms with E-state index in [2.05, 4.69) is 9.97 Å². The van der Waals surface area contributed by atoms with Crippen LogP contribution in [0.1, 0.15) is 41.9 Å². The Balaban J connectivity index is 1.97. The fourth-order valence-corrected chi connectivity index (χ4v) is 3.86. The van der Waals surface area contributed by atoms with Crippen LogP contribution >= 0.6 is 0 Å². The molecular weight excluding hydrogens is 426 g/mol. The van der Waals surface area contributed by atoms with Gasteiger partial charge >= 0.3 is 0 Å². The predicted octanol–water partition coefficient (Wildman–Crippen LogP) is 4.48. The second-order valence-corrected chi connectivity index (χ2v) is 8.70. The molecule has 2 aromatic carbocycles. The molecule has 2 aromatic heterocycles. The number of nitrogens with zero attached hydrogens (tertiary/aromatic N) is 3. The van der Waals surface area contributed by atoms with Crippen molar-refractivity contribution < 1.29 is 18.7 Å². The van der Waals surface area contributed by atoms with E-state index < -0.39 is 23.1 Å². The molecule has 3 N–H and O–H groups in total. The molecule has 0 radical (unpaired) electrons. The van der Waals surface area contributed by atoms with Crippen LogP contribution in [-0.2, 0) is 6.42 Å². The quantitative estimate of drug-likeness (QED) is 0.453. The number of amides is 1. The van der Waals surface area contributed by atoms with E-state index in [0.29, 0.717) is 35.0 Å². The smallest absolute Gasteiger partial charge is 0.254 e. The number of rotatable bonds is 6. The molecule has 0 saturated carbocycles. The summed E-state index contributed by atoms with van der Waals surface area (Å²) < 4.78 is 29.6. The Kier molecular flexibility index (Phi) is 5.71. The molecule has 0 aliphatic carbocycles. The number of aromatic nitrogens is 3. The average molecular weight is 450 g/mol. The van der Waals surface area contributed by atoms with Crippen molar-refractivity contribution in [3.05, 3.63) is 77.1 Å². The van der Waals surface area contributed by atoms with Gasteiger partial charge < -0.3 is 15.4 Å². The Morgan fingerprint density at radius 1 is 1.12 bits per heavy atom. The Hall–Kier alpha value is -3.65. The monoisotopic (exact) mass is 450 g/mol. The summed E-state index contributed by atoms with van der Waals surface area (Å²) in [5.41, 5.74) is 7.07. The normalized spacial score (nSPS) is 11.8. The van der Waals surface area contributed by atoms with Gasteiger partial charge in [0.25, 0.3) is 5.91 Å². The highest BCUT2D eigenvalue weighted by molar-refractivity contribution is 5.98. The molecule has 0 saturated heterocycles. The zero-order chi connectivity index (χ0) is 23.9. The number of halogens is 2. The highest BCUT2D eigenvalue weighted by Gasteiger charge is 2.22. The minimum absolute atomic E-state index is 0.116. The van der Waals surface area contributed by atoms with E-state index in [0.717, 1.165) is 5.56 Å². The van der Waals surface area contributed by atoms with Gasteiger partial charge in [-0.2, -0.15) is 0 Å². The largest absolute Gasteiger partial charge is 0.390 e. The lowest BCUT2D eigenvalue weighted by molar-refractivity contribution is 0.0715. The third kappa shape index (κ3) is 4.61. The Labute approximate surface area is 189 Å². The number of carbonyl (C=O) groups is 1. The minimum Gasteiger partial charge on any atom is -0.390 e. The van der Waals surface area contributed by atoms with Crippen LogP contribution in [0, 0.1) is 18.6 Å². The number of carbonyl (C=O) groups excluding carboxylic acids is 1. The van der Waals surface area contributed by atoms with Crippen LogP contribution in [0.3, 0.4) is 0 Å². The zero-order valence-electron chi connectivity index (χ0n) is 18.6. The maximum Gasteiger partial charge on any atom is 0.254 e. The summed E-state index contributed by atoms with van der Waals surface area (Å²) in [6.07, 6.45) is 2.69. The van der Waals surface area contributed by atoms with E-state index >= 15 is 0 Å². The summed E-state index contributed by atoms with van der Waals surface area (Å²) in [4.78, 5) is 21.3. The lowest BCUT2D eigenvalue weighted by Crippen LogP contribution is -2.19. The third-order valence-electron chi connectivity index (χ3n) is 5.48. The molecule has 170 valence electrons. The molecule has 0 aliphatic rings. The summed E-state index contributed by atoms with van der Waals surface area (Å²) in [6, 6.07) is 10.2. The minimum atomic E-state index is -0.907. The number of aryl methyl sites for hydroxylation is 2. The van der Waals surface area contributed by atoms with Gasteiger partial charge in [-0.3, -0.25) is 4.79 Å². The second kappa shape index (κ2) is 8.37. The van der Waals surface area contributed by atoms with Gasteiger partial charge in [0.05, 0.1) is 16.8 Å². The van der Waals surface area contributed by atoms with E-state index in [-0.39, 0.29) is 17.2 Å². The first kappa shape index (κ1) is 22.5. The first-order valence-corrected chi connectivity index (χ1v) is 10.5. The van der Waals surface area contributed by atoms with Gasteiger partial charge in [0, 0.05) is 17.1 Å². The molecule has 0 spiro atoms. The van der Waals surface area contributed by atoms with Crippen molar-refractivity contribution in [2.45, 2.75) is 39.2 Å². The van der Waals surface area contributed by atoms with Gasteiger partial charge in [0.1, 0.15) is 17.2 Å². The number of aliphatic hydroxyl groups is 1. The summed E-state index contributed by atoms with van der Waals surface area (Å²) >= 11 is 0. The van der Waals surface area contributed by atoms with Crippen molar-refractivity contribution in [3.63, 3.8) is 0 Å². The summed E-state index contributed by atoms with van der Waals surface area (Å²) in [6.45, 7) is 5.04. The van der Waals surface area contributed by atoms with Crippen LogP contribution in [0.2, 0.25) is 0 Å². The molecule has 0 unspecified atom stereocenters. The standard InChI is InChI=1S/C25H24F2N4O2/c1-14-21(22(28)32)24(30-23(29-14)15-5-4-6-17(26)11-15)31-13-16(9-10-25(2,3)33)19-12-18(27)7-8-20(19)31/h4-8,11-13,33H,9-10H2,1-3H3,(H2,28,32). The number of hydrogen-bond acceptors (Lipinski definition) is 4. The fourth-order valence-electron chi connectivity index (χ4n) is 3.86. The van der Waals surface area contributed by atoms with Crippen molar-refractivity contribution >= 4 is 16.8 Å². The Morgan fingerprint density at radius 3 is 2.52 bits per heavy atom. The summed E-state index contributed by atoms with van der Waals surface area (Å²) in [7, 11) is 0. The van der Waals surface area contributed by atoms with Crippen molar-refractivity contribution in [2.24, 2.45) is 5.73 Å². The lowest BCUT2D eigenvalue weighted by atomic mass is 9.99. The molecule has 33 heavy (non-hydrogen) atoms. The highest BCUT2D eigenvalue weighted by atomic mass is 19.1. The number of benzene rings is 2. The molecule has 0 fully saturated rings. The topological polar surface area (TPSA) is 94.0 Å². The number of hydrogen-bond donors (Lipinski definition) is 2. The van der Waals surface area contributed by atoms with Crippen molar-refractivity contribution in [1.82, 2.24) is 14.5 Å². The highest BCUT2D eigenvalue weighted by Crippen LogP contribution is 2.30. The first-order chi connectivity index (χ1) is 15.5. The van der Waals surface area contributed by atoms with Crippen molar-refractivity contribution in [1.29, 1.82) is 0 Å². The molecule has 8 heteroatoms. The van der Waals surface area contributed by atoms with Crippen LogP contribution in [0.15, 0.2) is 48.7 Å². The molecular formula is C25H24F2N4O2. The van der Waals surface area contributed by atoms with Gasteiger partial charge in [-0.05, 0) is 69.5 Å². The van der Waals surface area contributed by atoms with Gasteiger partial charge in [-0.25, -0.2) is 18.7 Å². The Morgan fingerprint density at radius 2 is 1.85 bits per heavy atom. The molecule has 0 atom stereocenters. The molecule has 2 heterocycles. The number of nitrogens with two attached hydrogens (primary N) is 1. The Bertz CT molecular complexity index is 1370. The second-order valence-electron chi connectivity index (χ2n) is 8.70. The van der Waals surface area contributed by atoms with Gasteiger partial charge in [-0.1, -0.05) is 12.1 Å². The van der Waals surface area contributed by atoms with E-state index in [9.17, 15) is 18.7 Å². The van der Waals surface area contributed by atoms with Crippen molar-refractivity contribution in [2.75, 3.05) is 0 Å². The molecule has 0 aliphatic heterocycles. The lowest BCUT2D eigenvalue weighted by Gasteiger charge is -2.16. The number of primary amides is 1. The van der Waals surface area contributed by atoms with Gasteiger partial charge in [0.2, 0.25) is 0 Å². The maximum absolute atomic E-state index is 14.1. The zero-order valence-corrected chi connectivity index (χ0v) is 18.6. The van der Waals surface area contributed by atoms with Crippen LogP contribution in [0.5, 0.6) is 0 Å². The third-order valence-corrected chi connectivity index (χ3v) is 5.48. The first-order valence-electron chi connectivity index (χ1n) is 10.5. The summed E-state index contributed by atoms with van der Waals surface area (Å²) in [5, 5.41) is 10.8. The molecule has 0 bridgehead atoms. The van der Waals surface area contributed by atoms with E-state index in [4.69, 9.17) is 5.73 Å². The molecule has 6 nitrogen and oxygen atoms in total. The molecule has 4 rings (SSSR count). The molecule has 4 aromatic rings. The van der Waals surface area contributed by atoms with Crippen LogP contribution < -0.4 is 5.73 Å². The number of fused-ring (bicyclic) bond motifs is 1. The van der Waals surface area contributed by atoms with Gasteiger partial charge in [0.15, 0.2) is 11.6 Å². The van der Waals surface area contributed by atoms with E-state index in [1.54, 1.807) is 49.7 Å². The average Bonchev–Trinajstić information content (AvgIpc) is 3.08. The van der Waals surface area contributed by atoms with E-state index in [1.807, 2.05) is 0 Å². The van der Waals surface area contributed by atoms with Crippen LogP contribution in [-0.4, -0.2) is 31.1 Å². The van der Waals surface area contributed by atoms with Crippen LogP contribution in [0.25, 0.3) is 28.1 Å². The fraction of sp³-hybridized carbons (Fsp3) is 0.240. The maximum atomic E-state index is 14.1. The molecule has 1 amide bonds. The van der Waals surface area contributed by atoms with Crippen LogP contribution in [0.4, 0.5) is 8.78 Å². The van der Waals surface area contributed by atoms with E-state index in [1.165, 1.54) is 24.3 Å². The predicted molar refractivity (Wildman–Crippen MR) is 122 cm³/mol. The van der Waals surface area contributed by atoms with Gasteiger partial charge in [-0.15, -0.1) is 0 Å². The SMILES string of the molecule is Cc1nc(-c2cccc(F)c2)nc(-n2cc(CCC(C)(C)O)c3cc(F)ccc32)c1C(N)=O.